The summed E-state index contributed by atoms with van der Waals surface area (Å²) >= 11 is 0. The number of nitrogens with one attached hydrogen (secondary N) is 1. The number of aromatic nitrogens is 4. The average molecular weight is 339 g/mol. The number of rotatable bonds is 7. The highest BCUT2D eigenvalue weighted by Crippen LogP contribution is 2.21. The van der Waals surface area contributed by atoms with E-state index in [0.717, 1.165) is 36.5 Å². The number of ether oxygens (including phenoxy) is 2. The quantitative estimate of drug-likeness (QED) is 0.666. The number of nitrogens with zero attached hydrogens (tertiary/aromatic N) is 4. The fourth-order valence-electron chi connectivity index (χ4n) is 2.94. The maximum atomic E-state index is 5.70. The van der Waals surface area contributed by atoms with Crippen molar-refractivity contribution in [2.24, 2.45) is 0 Å². The summed E-state index contributed by atoms with van der Waals surface area (Å²) < 4.78 is 13.0. The summed E-state index contributed by atoms with van der Waals surface area (Å²) in [6, 6.07) is 12.0. The molecule has 25 heavy (non-hydrogen) atoms. The summed E-state index contributed by atoms with van der Waals surface area (Å²) in [6.07, 6.45) is 4.00. The zero-order valence-corrected chi connectivity index (χ0v) is 14.0. The predicted molar refractivity (Wildman–Crippen MR) is 94.5 cm³/mol. The Labute approximate surface area is 146 Å². The van der Waals surface area contributed by atoms with Crippen LogP contribution in [0.3, 0.4) is 0 Å². The molecule has 1 saturated heterocycles. The number of hydrogen-bond acceptors (Lipinski definition) is 6. The predicted octanol–water partition coefficient (Wildman–Crippen LogP) is 2.40. The monoisotopic (exact) mass is 339 g/mol. The molecule has 1 aliphatic heterocycles. The third-order valence-corrected chi connectivity index (χ3v) is 4.20. The summed E-state index contributed by atoms with van der Waals surface area (Å²) in [5.74, 6) is 1.42. The molecule has 1 aromatic carbocycles. The summed E-state index contributed by atoms with van der Waals surface area (Å²) in [4.78, 5) is 8.78. The topological polar surface area (TPSA) is 73.6 Å². The van der Waals surface area contributed by atoms with Crippen molar-refractivity contribution in [1.82, 2.24) is 19.6 Å². The lowest BCUT2D eigenvalue weighted by Crippen LogP contribution is -2.18. The second-order valence-electron chi connectivity index (χ2n) is 6.00. The van der Waals surface area contributed by atoms with E-state index < -0.39 is 0 Å². The Morgan fingerprint density at radius 1 is 1.28 bits per heavy atom. The van der Waals surface area contributed by atoms with Crippen molar-refractivity contribution in [1.29, 1.82) is 0 Å². The van der Waals surface area contributed by atoms with Gasteiger partial charge in [-0.05, 0) is 12.8 Å². The minimum absolute atomic E-state index is 0.257. The second-order valence-corrected chi connectivity index (χ2v) is 6.00. The first-order valence-electron chi connectivity index (χ1n) is 8.59. The van der Waals surface area contributed by atoms with Gasteiger partial charge < -0.3 is 14.8 Å². The van der Waals surface area contributed by atoms with E-state index in [0.29, 0.717) is 25.5 Å². The summed E-state index contributed by atoms with van der Waals surface area (Å²) in [5, 5.41) is 7.60. The van der Waals surface area contributed by atoms with E-state index in [1.165, 1.54) is 6.33 Å². The van der Waals surface area contributed by atoms with Crippen molar-refractivity contribution in [2.45, 2.75) is 18.9 Å². The molecule has 7 heteroatoms. The summed E-state index contributed by atoms with van der Waals surface area (Å²) in [5.41, 5.74) is 1.91. The summed E-state index contributed by atoms with van der Waals surface area (Å²) in [7, 11) is 0. The molecule has 1 aliphatic rings. The zero-order valence-electron chi connectivity index (χ0n) is 14.0. The van der Waals surface area contributed by atoms with E-state index in [1.807, 2.05) is 36.4 Å². The van der Waals surface area contributed by atoms with Gasteiger partial charge in [-0.15, -0.1) is 0 Å². The zero-order chi connectivity index (χ0) is 16.9. The highest BCUT2D eigenvalue weighted by atomic mass is 16.5. The van der Waals surface area contributed by atoms with Crippen molar-refractivity contribution in [3.05, 3.63) is 42.7 Å². The van der Waals surface area contributed by atoms with Gasteiger partial charge in [-0.3, -0.25) is 0 Å². The van der Waals surface area contributed by atoms with E-state index in [1.54, 1.807) is 4.52 Å². The van der Waals surface area contributed by atoms with Gasteiger partial charge in [0.1, 0.15) is 12.1 Å². The van der Waals surface area contributed by atoms with E-state index in [4.69, 9.17) is 9.47 Å². The SMILES string of the molecule is c1ccc(-c2cc(NCCOCC3CCCO3)n3ncnc3n2)cc1. The Morgan fingerprint density at radius 3 is 3.04 bits per heavy atom. The van der Waals surface area contributed by atoms with Crippen LogP contribution in [0.5, 0.6) is 0 Å². The molecular weight excluding hydrogens is 318 g/mol. The molecule has 0 saturated carbocycles. The third kappa shape index (κ3) is 3.78. The maximum absolute atomic E-state index is 5.70. The van der Waals surface area contributed by atoms with Crippen LogP contribution in [-0.4, -0.2) is 52.1 Å². The Balaban J connectivity index is 1.42. The van der Waals surface area contributed by atoms with E-state index in [2.05, 4.69) is 20.4 Å². The van der Waals surface area contributed by atoms with Gasteiger partial charge >= 0.3 is 0 Å². The molecule has 4 rings (SSSR count). The molecule has 0 bridgehead atoms. The normalized spacial score (nSPS) is 17.2. The Bertz CT molecular complexity index is 815. The van der Waals surface area contributed by atoms with Gasteiger partial charge in [0.15, 0.2) is 0 Å². The summed E-state index contributed by atoms with van der Waals surface area (Å²) in [6.45, 7) is 2.81. The molecule has 130 valence electrons. The minimum Gasteiger partial charge on any atom is -0.377 e. The van der Waals surface area contributed by atoms with Gasteiger partial charge in [-0.2, -0.15) is 14.6 Å². The van der Waals surface area contributed by atoms with Crippen LogP contribution in [-0.2, 0) is 9.47 Å². The van der Waals surface area contributed by atoms with Crippen molar-refractivity contribution in [3.63, 3.8) is 0 Å². The number of fused-ring (bicyclic) bond motifs is 1. The third-order valence-electron chi connectivity index (χ3n) is 4.20. The van der Waals surface area contributed by atoms with Gasteiger partial charge in [0.25, 0.3) is 5.78 Å². The van der Waals surface area contributed by atoms with Gasteiger partial charge in [-0.1, -0.05) is 30.3 Å². The first-order chi connectivity index (χ1) is 12.4. The Kier molecular flexibility index (Phi) is 4.85. The number of benzene rings is 1. The van der Waals surface area contributed by atoms with Crippen molar-refractivity contribution < 1.29 is 9.47 Å². The highest BCUT2D eigenvalue weighted by Gasteiger charge is 2.15. The lowest BCUT2D eigenvalue weighted by molar-refractivity contribution is 0.0206. The molecule has 3 heterocycles. The molecule has 1 N–H and O–H groups in total. The van der Waals surface area contributed by atoms with Crippen LogP contribution in [0, 0.1) is 0 Å². The number of hydrogen-bond donors (Lipinski definition) is 1. The van der Waals surface area contributed by atoms with Crippen LogP contribution in [0.1, 0.15) is 12.8 Å². The van der Waals surface area contributed by atoms with E-state index in [-0.39, 0.29) is 6.10 Å². The first kappa shape index (κ1) is 16.0. The Hall–Kier alpha value is -2.51. The highest BCUT2D eigenvalue weighted by molar-refractivity contribution is 5.65. The largest absolute Gasteiger partial charge is 0.377 e. The second kappa shape index (κ2) is 7.58. The van der Waals surface area contributed by atoms with Crippen LogP contribution >= 0.6 is 0 Å². The molecule has 1 atom stereocenters. The van der Waals surface area contributed by atoms with Crippen LogP contribution in [0.4, 0.5) is 5.82 Å². The van der Waals surface area contributed by atoms with Crippen LogP contribution in [0.15, 0.2) is 42.7 Å². The van der Waals surface area contributed by atoms with Crippen LogP contribution in [0.25, 0.3) is 17.0 Å². The van der Waals surface area contributed by atoms with E-state index in [9.17, 15) is 0 Å². The minimum atomic E-state index is 0.257. The fraction of sp³-hybridized carbons (Fsp3) is 0.389. The fourth-order valence-corrected chi connectivity index (χ4v) is 2.94. The Morgan fingerprint density at radius 2 is 2.20 bits per heavy atom. The van der Waals surface area contributed by atoms with Gasteiger partial charge in [-0.25, -0.2) is 4.98 Å². The molecule has 2 aromatic heterocycles. The first-order valence-corrected chi connectivity index (χ1v) is 8.59. The number of anilines is 1. The molecule has 0 spiro atoms. The van der Waals surface area contributed by atoms with Crippen molar-refractivity contribution in [2.75, 3.05) is 31.7 Å². The van der Waals surface area contributed by atoms with Crippen LogP contribution in [0.2, 0.25) is 0 Å². The molecular formula is C18H21N5O2. The lowest BCUT2D eigenvalue weighted by atomic mass is 10.1. The van der Waals surface area contributed by atoms with Gasteiger partial charge in [0, 0.05) is 24.8 Å². The lowest BCUT2D eigenvalue weighted by Gasteiger charge is -2.12. The molecule has 1 fully saturated rings. The molecule has 3 aromatic rings. The van der Waals surface area contributed by atoms with Gasteiger partial charge in [0.2, 0.25) is 0 Å². The molecule has 0 amide bonds. The smallest absolute Gasteiger partial charge is 0.254 e. The molecule has 0 aliphatic carbocycles. The van der Waals surface area contributed by atoms with Gasteiger partial charge in [0.05, 0.1) is 25.0 Å². The maximum Gasteiger partial charge on any atom is 0.254 e. The van der Waals surface area contributed by atoms with Crippen LogP contribution < -0.4 is 5.32 Å². The van der Waals surface area contributed by atoms with Crippen molar-refractivity contribution >= 4 is 11.6 Å². The molecule has 7 nitrogen and oxygen atoms in total. The molecule has 1 unspecified atom stereocenters. The average Bonchev–Trinajstić information content (AvgIpc) is 3.33. The van der Waals surface area contributed by atoms with Crippen molar-refractivity contribution in [3.8, 4) is 11.3 Å². The van der Waals surface area contributed by atoms with E-state index >= 15 is 0 Å². The molecule has 0 radical (unpaired) electrons. The standard InChI is InChI=1S/C18H21N5O2/c1-2-5-14(6-3-1)16-11-17(23-18(22-16)20-13-21-23)19-8-10-24-12-15-7-4-9-25-15/h1-3,5-6,11,13,15,19H,4,7-10,12H2.